The Morgan fingerprint density at radius 2 is 2.00 bits per heavy atom. The Morgan fingerprint density at radius 3 is 2.48 bits per heavy atom. The number of rotatable bonds is 3. The fourth-order valence-corrected chi connectivity index (χ4v) is 2.93. The topological polar surface area (TPSA) is 29.5 Å². The van der Waals surface area contributed by atoms with Gasteiger partial charge in [-0.25, -0.2) is 18.0 Å². The number of carbonyl (C=O) groups excluding carboxylic acids is 1. The summed E-state index contributed by atoms with van der Waals surface area (Å²) in [5, 5.41) is 0. The van der Waals surface area contributed by atoms with Gasteiger partial charge in [0.05, 0.1) is 0 Å². The maximum absolute atomic E-state index is 13.3. The van der Waals surface area contributed by atoms with E-state index in [0.29, 0.717) is 9.13 Å². The predicted octanol–water partition coefficient (Wildman–Crippen LogP) is 4.97. The summed E-state index contributed by atoms with van der Waals surface area (Å²) in [6.45, 7) is 5.28. The molecule has 23 heavy (non-hydrogen) atoms. The quantitative estimate of drug-likeness (QED) is 0.621. The van der Waals surface area contributed by atoms with Crippen molar-refractivity contribution in [1.82, 2.24) is 4.90 Å². The van der Waals surface area contributed by atoms with Crippen molar-refractivity contribution in [2.75, 3.05) is 0 Å². The summed E-state index contributed by atoms with van der Waals surface area (Å²) in [5.74, 6) is -3.09. The highest BCUT2D eigenvalue weighted by atomic mass is 127. The first-order valence-corrected chi connectivity index (χ1v) is 8.36. The van der Waals surface area contributed by atoms with Gasteiger partial charge in [0.25, 0.3) is 5.92 Å². The molecule has 1 aliphatic carbocycles. The average Bonchev–Trinajstić information content (AvgIpc) is 2.35. The van der Waals surface area contributed by atoms with Crippen LogP contribution in [0, 0.1) is 9.39 Å². The minimum atomic E-state index is -2.73. The molecule has 1 amide bonds. The first kappa shape index (κ1) is 18.4. The zero-order valence-corrected chi connectivity index (χ0v) is 15.4. The summed E-state index contributed by atoms with van der Waals surface area (Å²) in [5.41, 5.74) is -0.0318. The molecule has 0 radical (unpaired) electrons. The molecule has 3 nitrogen and oxygen atoms in total. The van der Waals surface area contributed by atoms with E-state index in [1.165, 1.54) is 11.0 Å². The van der Waals surface area contributed by atoms with Gasteiger partial charge < -0.3 is 9.64 Å². The van der Waals surface area contributed by atoms with E-state index >= 15 is 0 Å². The lowest BCUT2D eigenvalue weighted by Gasteiger charge is -2.42. The van der Waals surface area contributed by atoms with Crippen molar-refractivity contribution in [3.05, 3.63) is 33.1 Å². The van der Waals surface area contributed by atoms with Crippen LogP contribution in [-0.2, 0) is 11.3 Å². The predicted molar refractivity (Wildman–Crippen MR) is 88.9 cm³/mol. The molecule has 1 aromatic carbocycles. The molecular formula is C16H19F3INO2. The van der Waals surface area contributed by atoms with Gasteiger partial charge in [-0.1, -0.05) is 6.07 Å². The second-order valence-electron chi connectivity index (χ2n) is 6.77. The van der Waals surface area contributed by atoms with Crippen LogP contribution in [-0.4, -0.2) is 28.6 Å². The van der Waals surface area contributed by atoms with Crippen LogP contribution in [0.15, 0.2) is 18.2 Å². The van der Waals surface area contributed by atoms with Crippen LogP contribution in [0.5, 0.6) is 0 Å². The fraction of sp³-hybridized carbons (Fsp3) is 0.562. The summed E-state index contributed by atoms with van der Waals surface area (Å²) in [6, 6.07) is 3.89. The van der Waals surface area contributed by atoms with Crippen LogP contribution < -0.4 is 0 Å². The van der Waals surface area contributed by atoms with Crippen molar-refractivity contribution in [2.45, 2.75) is 57.7 Å². The van der Waals surface area contributed by atoms with Crippen LogP contribution >= 0.6 is 22.6 Å². The van der Waals surface area contributed by atoms with Gasteiger partial charge in [0, 0.05) is 29.0 Å². The molecule has 7 heteroatoms. The summed E-state index contributed by atoms with van der Waals surface area (Å²) < 4.78 is 45.4. The van der Waals surface area contributed by atoms with Crippen LogP contribution in [0.4, 0.5) is 18.0 Å². The molecule has 0 N–H and O–H groups in total. The van der Waals surface area contributed by atoms with Crippen molar-refractivity contribution >= 4 is 28.7 Å². The van der Waals surface area contributed by atoms with E-state index in [0.717, 1.165) is 0 Å². The van der Waals surface area contributed by atoms with E-state index in [1.54, 1.807) is 32.9 Å². The van der Waals surface area contributed by atoms with Crippen molar-refractivity contribution in [1.29, 1.82) is 0 Å². The van der Waals surface area contributed by atoms with Crippen molar-refractivity contribution in [3.8, 4) is 0 Å². The zero-order valence-electron chi connectivity index (χ0n) is 13.2. The highest BCUT2D eigenvalue weighted by Gasteiger charge is 2.49. The van der Waals surface area contributed by atoms with Crippen LogP contribution in [0.25, 0.3) is 0 Å². The van der Waals surface area contributed by atoms with Gasteiger partial charge in [0.15, 0.2) is 0 Å². The molecule has 1 fully saturated rings. The molecular weight excluding hydrogens is 422 g/mol. The third-order valence-electron chi connectivity index (χ3n) is 3.47. The number of halogens is 4. The fourth-order valence-electron chi connectivity index (χ4n) is 2.35. The molecule has 0 unspecified atom stereocenters. The molecule has 0 atom stereocenters. The third-order valence-corrected chi connectivity index (χ3v) is 4.30. The standard InChI is InChI=1S/C16H19F3INO2/c1-15(2,3)23-14(22)21(11-7-16(18,19)8-11)9-10-4-5-12(17)13(20)6-10/h4-6,11H,7-9H2,1-3H3. The Balaban J connectivity index is 2.16. The number of hydrogen-bond donors (Lipinski definition) is 0. The van der Waals surface area contributed by atoms with Crippen LogP contribution in [0.3, 0.4) is 0 Å². The Labute approximate surface area is 147 Å². The number of ether oxygens (including phenoxy) is 1. The number of alkyl halides is 2. The molecule has 2 rings (SSSR count). The summed E-state index contributed by atoms with van der Waals surface area (Å²) in [7, 11) is 0. The monoisotopic (exact) mass is 441 g/mol. The second-order valence-corrected chi connectivity index (χ2v) is 7.94. The van der Waals surface area contributed by atoms with Crippen molar-refractivity contribution in [2.24, 2.45) is 0 Å². The Morgan fingerprint density at radius 1 is 1.39 bits per heavy atom. The van der Waals surface area contributed by atoms with E-state index < -0.39 is 23.7 Å². The van der Waals surface area contributed by atoms with Gasteiger partial charge in [-0.3, -0.25) is 0 Å². The highest BCUT2D eigenvalue weighted by molar-refractivity contribution is 14.1. The number of amides is 1. The Kier molecular flexibility index (Phi) is 5.18. The number of nitrogens with zero attached hydrogens (tertiary/aromatic N) is 1. The van der Waals surface area contributed by atoms with E-state index in [-0.39, 0.29) is 25.2 Å². The lowest BCUT2D eigenvalue weighted by Crippen LogP contribution is -2.53. The van der Waals surface area contributed by atoms with Gasteiger partial charge in [0.1, 0.15) is 11.4 Å². The lowest BCUT2D eigenvalue weighted by atomic mass is 9.87. The average molecular weight is 441 g/mol. The molecule has 0 saturated heterocycles. The molecule has 1 aromatic rings. The molecule has 0 heterocycles. The molecule has 1 saturated carbocycles. The van der Waals surface area contributed by atoms with Gasteiger partial charge in [0.2, 0.25) is 0 Å². The van der Waals surface area contributed by atoms with Crippen molar-refractivity contribution in [3.63, 3.8) is 0 Å². The Bertz CT molecular complexity index is 593. The zero-order chi connectivity index (χ0) is 17.4. The normalized spacial score (nSPS) is 17.5. The first-order valence-electron chi connectivity index (χ1n) is 7.28. The molecule has 1 aliphatic rings. The largest absolute Gasteiger partial charge is 0.444 e. The highest BCUT2D eigenvalue weighted by Crippen LogP contribution is 2.41. The molecule has 0 aliphatic heterocycles. The molecule has 0 spiro atoms. The maximum atomic E-state index is 13.3. The minimum absolute atomic E-state index is 0.117. The van der Waals surface area contributed by atoms with E-state index in [1.807, 2.05) is 22.6 Å². The van der Waals surface area contributed by atoms with Gasteiger partial charge in [-0.15, -0.1) is 0 Å². The SMILES string of the molecule is CC(C)(C)OC(=O)N(Cc1ccc(F)c(I)c1)C1CC(F)(F)C1. The summed E-state index contributed by atoms with van der Waals surface area (Å²) in [4.78, 5) is 13.7. The maximum Gasteiger partial charge on any atom is 0.410 e. The Hall–Kier alpha value is -0.990. The summed E-state index contributed by atoms with van der Waals surface area (Å²) in [6.07, 6.45) is -1.37. The third kappa shape index (κ3) is 4.99. The van der Waals surface area contributed by atoms with Crippen LogP contribution in [0.2, 0.25) is 0 Å². The minimum Gasteiger partial charge on any atom is -0.444 e. The number of hydrogen-bond acceptors (Lipinski definition) is 2. The summed E-state index contributed by atoms with van der Waals surface area (Å²) >= 11 is 1.85. The van der Waals surface area contributed by atoms with E-state index in [2.05, 4.69) is 0 Å². The first-order chi connectivity index (χ1) is 10.5. The van der Waals surface area contributed by atoms with Gasteiger partial charge in [-0.05, 0) is 61.1 Å². The van der Waals surface area contributed by atoms with Crippen molar-refractivity contribution < 1.29 is 22.7 Å². The molecule has 0 aromatic heterocycles. The second kappa shape index (κ2) is 6.49. The van der Waals surface area contributed by atoms with E-state index in [9.17, 15) is 18.0 Å². The smallest absolute Gasteiger partial charge is 0.410 e. The van der Waals surface area contributed by atoms with Gasteiger partial charge in [-0.2, -0.15) is 0 Å². The van der Waals surface area contributed by atoms with E-state index in [4.69, 9.17) is 4.74 Å². The number of benzene rings is 1. The molecule has 0 bridgehead atoms. The lowest BCUT2D eigenvalue weighted by molar-refractivity contribution is -0.124. The van der Waals surface area contributed by atoms with Crippen LogP contribution in [0.1, 0.15) is 39.2 Å². The van der Waals surface area contributed by atoms with Gasteiger partial charge >= 0.3 is 6.09 Å². The molecule has 128 valence electrons. The number of carbonyl (C=O) groups is 1.